The number of Topliss-reactive ketones (excluding diaryl/α,β-unsaturated/α-hetero) is 1. The highest BCUT2D eigenvalue weighted by molar-refractivity contribution is 6.32. The summed E-state index contributed by atoms with van der Waals surface area (Å²) in [4.78, 5) is 33.4. The summed E-state index contributed by atoms with van der Waals surface area (Å²) in [5.41, 5.74) is 0.133. The lowest BCUT2D eigenvalue weighted by molar-refractivity contribution is -0.385. The zero-order chi connectivity index (χ0) is 17.9. The molecule has 0 radical (unpaired) electrons. The van der Waals surface area contributed by atoms with Crippen LogP contribution in [0.2, 0.25) is 5.02 Å². The Morgan fingerprint density at radius 2 is 1.75 bits per heavy atom. The topological polar surface area (TPSA) is 95.7 Å². The second-order valence-electron chi connectivity index (χ2n) is 4.73. The maximum Gasteiger partial charge on any atom is 0.337 e. The lowest BCUT2D eigenvalue weighted by atomic mass is 10.1. The van der Waals surface area contributed by atoms with E-state index in [0.29, 0.717) is 5.56 Å². The number of nitrogens with zero attached hydrogens (tertiary/aromatic N) is 1. The summed E-state index contributed by atoms with van der Waals surface area (Å²) >= 11 is 6.05. The van der Waals surface area contributed by atoms with E-state index < -0.39 is 10.9 Å². The highest BCUT2D eigenvalue weighted by atomic mass is 35.5. The fourth-order valence-corrected chi connectivity index (χ4v) is 2.13. The van der Waals surface area contributed by atoms with Crippen LogP contribution in [0, 0.1) is 10.1 Å². The Balaban J connectivity index is 2.45. The molecule has 8 heteroatoms. The van der Waals surface area contributed by atoms with Crippen molar-refractivity contribution in [1.82, 2.24) is 0 Å². The van der Waals surface area contributed by atoms with Gasteiger partial charge < -0.3 is 9.47 Å². The molecule has 2 aromatic rings. The van der Waals surface area contributed by atoms with Crippen LogP contribution in [0.5, 0.6) is 11.5 Å². The van der Waals surface area contributed by atoms with Crippen LogP contribution >= 0.6 is 11.6 Å². The molecule has 0 saturated carbocycles. The van der Waals surface area contributed by atoms with Gasteiger partial charge in [-0.3, -0.25) is 14.9 Å². The van der Waals surface area contributed by atoms with Crippen LogP contribution in [0.15, 0.2) is 36.4 Å². The Morgan fingerprint density at radius 1 is 1.08 bits per heavy atom. The fourth-order valence-electron chi connectivity index (χ4n) is 1.91. The van der Waals surface area contributed by atoms with Gasteiger partial charge in [0.2, 0.25) is 5.75 Å². The molecule has 0 aliphatic carbocycles. The molecule has 0 aliphatic heterocycles. The van der Waals surface area contributed by atoms with E-state index in [0.717, 1.165) is 6.07 Å². The molecule has 0 aliphatic rings. The summed E-state index contributed by atoms with van der Waals surface area (Å²) in [6.07, 6.45) is 0. The van der Waals surface area contributed by atoms with E-state index in [1.165, 1.54) is 44.4 Å². The van der Waals surface area contributed by atoms with Crippen molar-refractivity contribution in [2.75, 3.05) is 7.11 Å². The number of esters is 1. The monoisotopic (exact) mass is 349 g/mol. The number of nitro benzene ring substituents is 1. The SMILES string of the molecule is COC(=O)c1ccc([N+](=O)[O-])c(Oc2ccc(C(C)=O)cc2Cl)c1. The third-order valence-electron chi connectivity index (χ3n) is 3.14. The normalized spacial score (nSPS) is 10.1. The first kappa shape index (κ1) is 17.4. The van der Waals surface area contributed by atoms with Crippen molar-refractivity contribution in [2.45, 2.75) is 6.92 Å². The van der Waals surface area contributed by atoms with E-state index >= 15 is 0 Å². The highest BCUT2D eigenvalue weighted by Gasteiger charge is 2.20. The number of hydrogen-bond donors (Lipinski definition) is 0. The molecule has 0 aromatic heterocycles. The number of carbonyl (C=O) groups is 2. The number of rotatable bonds is 5. The first-order chi connectivity index (χ1) is 11.3. The maximum absolute atomic E-state index is 11.6. The van der Waals surface area contributed by atoms with E-state index in [2.05, 4.69) is 4.74 Å². The fraction of sp³-hybridized carbons (Fsp3) is 0.125. The lowest BCUT2D eigenvalue weighted by Crippen LogP contribution is -2.03. The average Bonchev–Trinajstić information content (AvgIpc) is 2.55. The second kappa shape index (κ2) is 7.10. The maximum atomic E-state index is 11.6. The second-order valence-corrected chi connectivity index (χ2v) is 5.14. The van der Waals surface area contributed by atoms with E-state index in [4.69, 9.17) is 16.3 Å². The van der Waals surface area contributed by atoms with Crippen LogP contribution in [-0.4, -0.2) is 23.8 Å². The number of ether oxygens (including phenoxy) is 2. The third-order valence-corrected chi connectivity index (χ3v) is 3.43. The molecule has 0 atom stereocenters. The predicted octanol–water partition coefficient (Wildman–Crippen LogP) is 4.03. The Labute approximate surface area is 141 Å². The van der Waals surface area contributed by atoms with Crippen molar-refractivity contribution in [1.29, 1.82) is 0 Å². The molecule has 0 fully saturated rings. The van der Waals surface area contributed by atoms with Gasteiger partial charge in [-0.15, -0.1) is 0 Å². The molecule has 0 bridgehead atoms. The van der Waals surface area contributed by atoms with Gasteiger partial charge >= 0.3 is 11.7 Å². The van der Waals surface area contributed by atoms with Crippen LogP contribution in [0.25, 0.3) is 0 Å². The minimum atomic E-state index is -0.659. The molecule has 2 rings (SSSR count). The standard InChI is InChI=1S/C16H12ClNO6/c1-9(19)10-4-6-14(12(17)7-10)24-15-8-11(16(20)23-2)3-5-13(15)18(21)22/h3-8H,1-2H3. The minimum Gasteiger partial charge on any atom is -0.465 e. The van der Waals surface area contributed by atoms with Gasteiger partial charge in [0.1, 0.15) is 5.75 Å². The van der Waals surface area contributed by atoms with Crippen molar-refractivity contribution in [2.24, 2.45) is 0 Å². The number of nitro groups is 1. The molecule has 0 heterocycles. The molecule has 0 saturated heterocycles. The van der Waals surface area contributed by atoms with Crippen LogP contribution in [0.1, 0.15) is 27.6 Å². The van der Waals surface area contributed by atoms with Crippen molar-refractivity contribution in [3.63, 3.8) is 0 Å². The van der Waals surface area contributed by atoms with Gasteiger partial charge in [0.05, 0.1) is 22.6 Å². The van der Waals surface area contributed by atoms with Crippen molar-refractivity contribution < 1.29 is 24.0 Å². The minimum absolute atomic E-state index is 0.0922. The summed E-state index contributed by atoms with van der Waals surface area (Å²) in [5.74, 6) is -0.887. The van der Waals surface area contributed by atoms with Gasteiger partial charge in [0.15, 0.2) is 5.78 Å². The first-order valence-electron chi connectivity index (χ1n) is 6.68. The van der Waals surface area contributed by atoms with Gasteiger partial charge in [0.25, 0.3) is 0 Å². The van der Waals surface area contributed by atoms with E-state index in [1.54, 1.807) is 0 Å². The Morgan fingerprint density at radius 3 is 2.29 bits per heavy atom. The van der Waals surface area contributed by atoms with Gasteiger partial charge in [-0.25, -0.2) is 4.79 Å². The molecule has 0 amide bonds. The molecule has 0 N–H and O–H groups in total. The molecule has 124 valence electrons. The van der Waals surface area contributed by atoms with Crippen molar-refractivity contribution >= 4 is 29.0 Å². The lowest BCUT2D eigenvalue weighted by Gasteiger charge is -2.10. The van der Waals surface area contributed by atoms with Crippen molar-refractivity contribution in [3.05, 3.63) is 62.7 Å². The number of methoxy groups -OCH3 is 1. The summed E-state index contributed by atoms with van der Waals surface area (Å²) in [5, 5.41) is 11.2. The largest absolute Gasteiger partial charge is 0.465 e. The first-order valence-corrected chi connectivity index (χ1v) is 7.06. The van der Waals surface area contributed by atoms with E-state index in [9.17, 15) is 19.7 Å². The van der Waals surface area contributed by atoms with Gasteiger partial charge in [-0.2, -0.15) is 0 Å². The summed E-state index contributed by atoms with van der Waals surface area (Å²) in [6.45, 7) is 1.39. The van der Waals surface area contributed by atoms with Crippen molar-refractivity contribution in [3.8, 4) is 11.5 Å². The molecule has 24 heavy (non-hydrogen) atoms. The van der Waals surface area contributed by atoms with Gasteiger partial charge in [0, 0.05) is 17.7 Å². The summed E-state index contributed by atoms with van der Waals surface area (Å²) in [6, 6.07) is 7.90. The molecular weight excluding hydrogens is 338 g/mol. The van der Waals surface area contributed by atoms with Gasteiger partial charge in [-0.05, 0) is 31.2 Å². The van der Waals surface area contributed by atoms with Crippen LogP contribution < -0.4 is 4.74 Å². The Kier molecular flexibility index (Phi) is 5.15. The molecule has 0 spiro atoms. The smallest absolute Gasteiger partial charge is 0.337 e. The zero-order valence-electron chi connectivity index (χ0n) is 12.7. The van der Waals surface area contributed by atoms with Gasteiger partial charge in [-0.1, -0.05) is 11.6 Å². The zero-order valence-corrected chi connectivity index (χ0v) is 13.5. The van der Waals surface area contributed by atoms with Crippen LogP contribution in [0.4, 0.5) is 5.69 Å². The summed E-state index contributed by atoms with van der Waals surface area (Å²) in [7, 11) is 1.20. The average molecular weight is 350 g/mol. The van der Waals surface area contributed by atoms with E-state index in [1.807, 2.05) is 0 Å². The number of carbonyl (C=O) groups excluding carboxylic acids is 2. The number of halogens is 1. The predicted molar refractivity (Wildman–Crippen MR) is 86.0 cm³/mol. The molecule has 7 nitrogen and oxygen atoms in total. The number of ketones is 1. The summed E-state index contributed by atoms with van der Waals surface area (Å²) < 4.78 is 10.1. The number of benzene rings is 2. The Hall–Kier alpha value is -2.93. The molecular formula is C16H12ClNO6. The molecule has 0 unspecified atom stereocenters. The molecule has 2 aromatic carbocycles. The Bertz CT molecular complexity index is 833. The number of hydrogen-bond acceptors (Lipinski definition) is 6. The van der Waals surface area contributed by atoms with E-state index in [-0.39, 0.29) is 33.6 Å². The highest BCUT2D eigenvalue weighted by Crippen LogP contribution is 2.36. The third kappa shape index (κ3) is 3.69. The van der Waals surface area contributed by atoms with Crippen LogP contribution in [-0.2, 0) is 4.74 Å². The quantitative estimate of drug-likeness (QED) is 0.350. The van der Waals surface area contributed by atoms with Crippen LogP contribution in [0.3, 0.4) is 0 Å².